The molecule has 2 amide bonds. The first-order chi connectivity index (χ1) is 14.0. The summed E-state index contributed by atoms with van der Waals surface area (Å²) in [5.41, 5.74) is -0.189. The summed E-state index contributed by atoms with van der Waals surface area (Å²) >= 11 is 0. The molecule has 4 atom stereocenters. The first-order valence-corrected chi connectivity index (χ1v) is 9.94. The van der Waals surface area contributed by atoms with Crippen LogP contribution in [0, 0.1) is 23.2 Å². The highest BCUT2D eigenvalue weighted by molar-refractivity contribution is 6.26. The molecule has 3 heterocycles. The first kappa shape index (κ1) is 18.3. The molecule has 0 aromatic heterocycles. The molecule has 6 nitrogen and oxygen atoms in total. The number of amides is 2. The molecule has 0 spiro atoms. The van der Waals surface area contributed by atoms with Gasteiger partial charge in [-0.05, 0) is 31.9 Å². The van der Waals surface area contributed by atoms with E-state index in [0.717, 1.165) is 23.6 Å². The van der Waals surface area contributed by atoms with Crippen LogP contribution in [0.3, 0.4) is 0 Å². The Balaban J connectivity index is 1.64. The van der Waals surface area contributed by atoms with Crippen molar-refractivity contribution in [1.82, 2.24) is 0 Å². The molecule has 3 aliphatic heterocycles. The number of fused-ring (bicyclic) bond motifs is 6. The van der Waals surface area contributed by atoms with E-state index in [4.69, 9.17) is 9.47 Å². The molecule has 0 N–H and O–H groups in total. The number of nitriles is 1. The summed E-state index contributed by atoms with van der Waals surface area (Å²) in [5, 5.41) is 10.9. The van der Waals surface area contributed by atoms with Crippen LogP contribution in [0.5, 0.6) is 0 Å². The molecule has 0 unspecified atom stereocenters. The predicted molar refractivity (Wildman–Crippen MR) is 106 cm³/mol. The molecule has 3 saturated heterocycles. The highest BCUT2D eigenvalue weighted by Gasteiger charge is 2.73. The zero-order valence-corrected chi connectivity index (χ0v) is 16.5. The summed E-state index contributed by atoms with van der Waals surface area (Å²) < 4.78 is 11.6. The van der Waals surface area contributed by atoms with E-state index in [1.165, 1.54) is 4.90 Å². The molecule has 6 heteroatoms. The van der Waals surface area contributed by atoms with Gasteiger partial charge < -0.3 is 9.47 Å². The Labute approximate surface area is 169 Å². The van der Waals surface area contributed by atoms with Crippen LogP contribution in [0.25, 0.3) is 10.8 Å². The van der Waals surface area contributed by atoms with Crippen LogP contribution >= 0.6 is 0 Å². The van der Waals surface area contributed by atoms with E-state index in [9.17, 15) is 14.9 Å². The third-order valence-electron chi connectivity index (χ3n) is 7.00. The number of hydrogen-bond acceptors (Lipinski definition) is 5. The van der Waals surface area contributed by atoms with Gasteiger partial charge in [-0.3, -0.25) is 9.59 Å². The summed E-state index contributed by atoms with van der Waals surface area (Å²) in [7, 11) is 1.63. The van der Waals surface area contributed by atoms with Crippen molar-refractivity contribution in [2.75, 3.05) is 18.6 Å². The van der Waals surface area contributed by atoms with Gasteiger partial charge in [0.25, 0.3) is 0 Å². The molecule has 2 aromatic carbocycles. The maximum Gasteiger partial charge on any atom is 0.240 e. The lowest BCUT2D eigenvalue weighted by Crippen LogP contribution is -2.42. The number of hydrogen-bond donors (Lipinski definition) is 0. The largest absolute Gasteiger partial charge is 0.385 e. The Morgan fingerprint density at radius 1 is 1.14 bits per heavy atom. The summed E-state index contributed by atoms with van der Waals surface area (Å²) in [6, 6.07) is 13.0. The van der Waals surface area contributed by atoms with Gasteiger partial charge in [0.15, 0.2) is 0 Å². The molecule has 5 rings (SSSR count). The van der Waals surface area contributed by atoms with Crippen LogP contribution in [-0.2, 0) is 19.1 Å². The Hall–Kier alpha value is -2.75. The quantitative estimate of drug-likeness (QED) is 0.749. The fraction of sp³-hybridized carbons (Fsp3) is 0.435. The van der Waals surface area contributed by atoms with Crippen molar-refractivity contribution in [2.24, 2.45) is 11.8 Å². The lowest BCUT2D eigenvalue weighted by Gasteiger charge is -2.30. The van der Waals surface area contributed by atoms with E-state index >= 15 is 0 Å². The molecule has 2 bridgehead atoms. The molecular weight excluding hydrogens is 368 g/mol. The Kier molecular flexibility index (Phi) is 3.86. The van der Waals surface area contributed by atoms with E-state index < -0.39 is 23.0 Å². The molecule has 0 saturated carbocycles. The fourth-order valence-electron chi connectivity index (χ4n) is 5.70. The minimum atomic E-state index is -0.640. The lowest BCUT2D eigenvalue weighted by molar-refractivity contribution is -0.131. The lowest BCUT2D eigenvalue weighted by atomic mass is 9.67. The number of ether oxygens (including phenoxy) is 2. The Morgan fingerprint density at radius 3 is 2.59 bits per heavy atom. The number of carbonyl (C=O) groups excluding carboxylic acids is 2. The molecule has 148 valence electrons. The van der Waals surface area contributed by atoms with Crippen molar-refractivity contribution in [3.05, 3.63) is 42.0 Å². The van der Waals surface area contributed by atoms with Gasteiger partial charge in [0.2, 0.25) is 11.8 Å². The van der Waals surface area contributed by atoms with Crippen molar-refractivity contribution >= 4 is 28.3 Å². The van der Waals surface area contributed by atoms with Crippen LogP contribution < -0.4 is 4.90 Å². The summed E-state index contributed by atoms with van der Waals surface area (Å²) in [4.78, 5) is 28.5. The van der Waals surface area contributed by atoms with Gasteiger partial charge in [0, 0.05) is 30.9 Å². The number of imide groups is 1. The van der Waals surface area contributed by atoms with Crippen LogP contribution in [0.1, 0.15) is 31.7 Å². The minimum Gasteiger partial charge on any atom is -0.385 e. The number of rotatable bonds is 4. The molecule has 3 fully saturated rings. The van der Waals surface area contributed by atoms with Crippen molar-refractivity contribution in [3.8, 4) is 6.07 Å². The van der Waals surface area contributed by atoms with Gasteiger partial charge in [0.05, 0.1) is 40.4 Å². The molecule has 3 aliphatic rings. The smallest absolute Gasteiger partial charge is 0.240 e. The van der Waals surface area contributed by atoms with Crippen LogP contribution in [0.2, 0.25) is 0 Å². The summed E-state index contributed by atoms with van der Waals surface area (Å²) in [6.07, 6.45) is 2.12. The Morgan fingerprint density at radius 2 is 1.86 bits per heavy atom. The number of carbonyl (C=O) groups is 2. The minimum absolute atomic E-state index is 0.198. The second kappa shape index (κ2) is 6.12. The van der Waals surface area contributed by atoms with Crippen molar-refractivity contribution < 1.29 is 19.1 Å². The summed E-state index contributed by atoms with van der Waals surface area (Å²) in [6.45, 7) is 2.44. The zero-order chi connectivity index (χ0) is 20.4. The van der Waals surface area contributed by atoms with Crippen molar-refractivity contribution in [2.45, 2.75) is 37.4 Å². The van der Waals surface area contributed by atoms with E-state index in [0.29, 0.717) is 24.3 Å². The number of methoxy groups -OCH3 is 1. The topological polar surface area (TPSA) is 79.6 Å². The van der Waals surface area contributed by atoms with Crippen LogP contribution in [-0.4, -0.2) is 36.7 Å². The number of anilines is 1. The van der Waals surface area contributed by atoms with E-state index in [1.54, 1.807) is 19.2 Å². The molecule has 29 heavy (non-hydrogen) atoms. The molecule has 0 aliphatic carbocycles. The standard InChI is InChI=1S/C23H22N2O4/c1-22-9-10-23(29-22,11-12-28-2)19-18(22)20(26)25(21(19)27)17-8-7-14(13-24)15-5-3-4-6-16(15)17/h3-8,18-19H,9-12H2,1-2H3/t18-,19+,22-,23-/m1/s1. The third-order valence-corrected chi connectivity index (χ3v) is 7.00. The van der Waals surface area contributed by atoms with Gasteiger partial charge in [-0.2, -0.15) is 5.26 Å². The van der Waals surface area contributed by atoms with Gasteiger partial charge in [-0.1, -0.05) is 24.3 Å². The highest BCUT2D eigenvalue weighted by Crippen LogP contribution is 2.62. The second-order valence-electron chi connectivity index (χ2n) is 8.48. The van der Waals surface area contributed by atoms with E-state index in [2.05, 4.69) is 6.07 Å². The maximum absolute atomic E-state index is 13.6. The van der Waals surface area contributed by atoms with Crippen molar-refractivity contribution in [3.63, 3.8) is 0 Å². The predicted octanol–water partition coefficient (Wildman–Crippen LogP) is 3.18. The average molecular weight is 390 g/mol. The van der Waals surface area contributed by atoms with Gasteiger partial charge in [0.1, 0.15) is 0 Å². The monoisotopic (exact) mass is 390 g/mol. The number of nitrogens with zero attached hydrogens (tertiary/aromatic N) is 2. The normalized spacial score (nSPS) is 32.8. The van der Waals surface area contributed by atoms with Crippen LogP contribution in [0.4, 0.5) is 5.69 Å². The van der Waals surface area contributed by atoms with Crippen molar-refractivity contribution in [1.29, 1.82) is 5.26 Å². The Bertz CT molecular complexity index is 1090. The fourth-order valence-corrected chi connectivity index (χ4v) is 5.70. The first-order valence-electron chi connectivity index (χ1n) is 9.94. The van der Waals surface area contributed by atoms with E-state index in [1.807, 2.05) is 31.2 Å². The maximum atomic E-state index is 13.6. The van der Waals surface area contributed by atoms with Gasteiger partial charge in [-0.25, -0.2) is 4.90 Å². The number of benzene rings is 2. The summed E-state index contributed by atoms with van der Waals surface area (Å²) in [5.74, 6) is -1.36. The third kappa shape index (κ3) is 2.29. The zero-order valence-electron chi connectivity index (χ0n) is 16.5. The van der Waals surface area contributed by atoms with Crippen LogP contribution in [0.15, 0.2) is 36.4 Å². The molecule has 0 radical (unpaired) electrons. The van der Waals surface area contributed by atoms with Gasteiger partial charge >= 0.3 is 0 Å². The second-order valence-corrected chi connectivity index (χ2v) is 8.48. The average Bonchev–Trinajstić information content (AvgIpc) is 3.31. The SMILES string of the molecule is COCC[C@@]12CC[C@@](C)(O1)[C@H]1C(=O)N(c3ccc(C#N)c4ccccc34)C(=O)[C@H]12. The highest BCUT2D eigenvalue weighted by atomic mass is 16.5. The van der Waals surface area contributed by atoms with E-state index in [-0.39, 0.29) is 11.8 Å². The molecular formula is C23H22N2O4. The molecule has 2 aromatic rings. The van der Waals surface area contributed by atoms with Gasteiger partial charge in [-0.15, -0.1) is 0 Å².